The van der Waals surface area contributed by atoms with Gasteiger partial charge in [-0.1, -0.05) is 6.92 Å². The second-order valence-corrected chi connectivity index (χ2v) is 9.44. The van der Waals surface area contributed by atoms with E-state index < -0.39 is 5.97 Å². The summed E-state index contributed by atoms with van der Waals surface area (Å²) < 4.78 is 0. The quantitative estimate of drug-likeness (QED) is 0.742. The molecule has 0 aromatic heterocycles. The van der Waals surface area contributed by atoms with E-state index in [1.165, 1.54) is 38.5 Å². The number of nitrogens with zero attached hydrogens (tertiary/aromatic N) is 1. The van der Waals surface area contributed by atoms with E-state index in [4.69, 9.17) is 5.11 Å². The Labute approximate surface area is 150 Å². The maximum absolute atomic E-state index is 12.6. The fourth-order valence-corrected chi connectivity index (χ4v) is 6.80. The number of nitrogens with one attached hydrogen (secondary N) is 1. The van der Waals surface area contributed by atoms with Gasteiger partial charge >= 0.3 is 5.97 Å². The Balaban J connectivity index is 1.25. The van der Waals surface area contributed by atoms with Crippen LogP contribution in [0.1, 0.15) is 64.7 Å². The summed E-state index contributed by atoms with van der Waals surface area (Å²) in [6.45, 7) is 2.86. The summed E-state index contributed by atoms with van der Waals surface area (Å²) in [6.07, 6.45) is 10.6. The Morgan fingerprint density at radius 3 is 2.08 bits per heavy atom. The number of hydrogen-bond acceptors (Lipinski definition) is 3. The van der Waals surface area contributed by atoms with Gasteiger partial charge in [0.2, 0.25) is 5.91 Å². The molecule has 5 nitrogen and oxygen atoms in total. The second kappa shape index (κ2) is 6.57. The molecule has 0 saturated heterocycles. The molecule has 5 saturated carbocycles. The van der Waals surface area contributed by atoms with Crippen molar-refractivity contribution in [2.24, 2.45) is 23.2 Å². The summed E-state index contributed by atoms with van der Waals surface area (Å²) in [5, 5.41) is 12.2. The Bertz CT molecular complexity index is 506. The van der Waals surface area contributed by atoms with Crippen molar-refractivity contribution in [3.63, 3.8) is 0 Å². The zero-order valence-corrected chi connectivity index (χ0v) is 15.4. The lowest BCUT2D eigenvalue weighted by Gasteiger charge is -2.56. The molecule has 5 aliphatic rings. The summed E-state index contributed by atoms with van der Waals surface area (Å²) in [7, 11) is 0. The van der Waals surface area contributed by atoms with Crippen LogP contribution in [-0.2, 0) is 9.59 Å². The maximum atomic E-state index is 12.6. The van der Waals surface area contributed by atoms with Crippen molar-refractivity contribution in [1.82, 2.24) is 10.2 Å². The molecule has 0 aromatic carbocycles. The standard InChI is InChI=1S/C20H32N2O3/c1-2-22(12-19(24)25)17-6-16(7-17)21-18(23)11-20-8-13-3-14(9-20)5-15(4-13)10-20/h13-17H,2-12H2,1H3,(H,21,23)(H,24,25). The van der Waals surface area contributed by atoms with E-state index in [-0.39, 0.29) is 18.5 Å². The molecule has 140 valence electrons. The lowest BCUT2D eigenvalue weighted by molar-refractivity contribution is -0.140. The first kappa shape index (κ1) is 17.3. The van der Waals surface area contributed by atoms with Crippen molar-refractivity contribution in [2.45, 2.75) is 76.8 Å². The molecule has 5 heteroatoms. The molecule has 25 heavy (non-hydrogen) atoms. The minimum Gasteiger partial charge on any atom is -0.480 e. The topological polar surface area (TPSA) is 69.6 Å². The van der Waals surface area contributed by atoms with Crippen molar-refractivity contribution in [1.29, 1.82) is 0 Å². The fourth-order valence-electron chi connectivity index (χ4n) is 6.80. The first-order valence-corrected chi connectivity index (χ1v) is 10.2. The molecule has 5 fully saturated rings. The number of rotatable bonds is 7. The monoisotopic (exact) mass is 348 g/mol. The molecule has 2 N–H and O–H groups in total. The average molecular weight is 348 g/mol. The van der Waals surface area contributed by atoms with E-state index >= 15 is 0 Å². The summed E-state index contributed by atoms with van der Waals surface area (Å²) in [5.41, 5.74) is 0.306. The highest BCUT2D eigenvalue weighted by Gasteiger charge is 2.51. The van der Waals surface area contributed by atoms with Gasteiger partial charge in [0.15, 0.2) is 0 Å². The van der Waals surface area contributed by atoms with Gasteiger partial charge in [-0.15, -0.1) is 0 Å². The van der Waals surface area contributed by atoms with Crippen LogP contribution in [0.4, 0.5) is 0 Å². The highest BCUT2D eigenvalue weighted by molar-refractivity contribution is 5.77. The van der Waals surface area contributed by atoms with Gasteiger partial charge in [-0.25, -0.2) is 0 Å². The van der Waals surface area contributed by atoms with E-state index in [2.05, 4.69) is 5.32 Å². The number of carboxylic acid groups (broad SMARTS) is 1. The summed E-state index contributed by atoms with van der Waals surface area (Å²) in [4.78, 5) is 25.6. The number of hydrogen-bond donors (Lipinski definition) is 2. The zero-order valence-electron chi connectivity index (χ0n) is 15.4. The van der Waals surface area contributed by atoms with E-state index in [0.29, 0.717) is 11.5 Å². The number of aliphatic carboxylic acids is 1. The molecule has 4 bridgehead atoms. The minimum absolute atomic E-state index is 0.106. The molecule has 0 aliphatic heterocycles. The lowest BCUT2D eigenvalue weighted by Crippen LogP contribution is -2.55. The van der Waals surface area contributed by atoms with E-state index in [1.807, 2.05) is 11.8 Å². The van der Waals surface area contributed by atoms with Crippen molar-refractivity contribution >= 4 is 11.9 Å². The van der Waals surface area contributed by atoms with Crippen LogP contribution in [-0.4, -0.2) is 47.1 Å². The first-order chi connectivity index (χ1) is 11.9. The summed E-state index contributed by atoms with van der Waals surface area (Å²) >= 11 is 0. The van der Waals surface area contributed by atoms with Crippen molar-refractivity contribution in [3.8, 4) is 0 Å². The van der Waals surface area contributed by atoms with Crippen LogP contribution in [0.2, 0.25) is 0 Å². The molecular formula is C20H32N2O3. The molecule has 5 aliphatic carbocycles. The summed E-state index contributed by atoms with van der Waals surface area (Å²) in [6, 6.07) is 0.556. The van der Waals surface area contributed by atoms with Gasteiger partial charge in [0.05, 0.1) is 6.54 Å². The number of carboxylic acids is 1. The Morgan fingerprint density at radius 1 is 1.04 bits per heavy atom. The van der Waals surface area contributed by atoms with Gasteiger partial charge in [-0.2, -0.15) is 0 Å². The number of likely N-dealkylation sites (N-methyl/N-ethyl adjacent to an activating group) is 1. The van der Waals surface area contributed by atoms with Gasteiger partial charge in [0.25, 0.3) is 0 Å². The predicted octanol–water partition coefficient (Wildman–Crippen LogP) is 2.65. The molecule has 0 radical (unpaired) electrons. The van der Waals surface area contributed by atoms with Crippen molar-refractivity contribution in [3.05, 3.63) is 0 Å². The Morgan fingerprint density at radius 2 is 1.60 bits per heavy atom. The predicted molar refractivity (Wildman–Crippen MR) is 95.1 cm³/mol. The van der Waals surface area contributed by atoms with Gasteiger partial charge in [-0.05, 0) is 81.1 Å². The number of carbonyl (C=O) groups excluding carboxylic acids is 1. The highest BCUT2D eigenvalue weighted by Crippen LogP contribution is 2.61. The molecule has 1 amide bonds. The van der Waals surface area contributed by atoms with Gasteiger partial charge in [-0.3, -0.25) is 14.5 Å². The Kier molecular flexibility index (Phi) is 4.55. The molecule has 0 atom stereocenters. The first-order valence-electron chi connectivity index (χ1n) is 10.2. The number of carbonyl (C=O) groups is 2. The zero-order chi connectivity index (χ0) is 17.6. The van der Waals surface area contributed by atoms with Crippen molar-refractivity contribution < 1.29 is 14.7 Å². The fraction of sp³-hybridized carbons (Fsp3) is 0.900. The molecule has 0 unspecified atom stereocenters. The molecule has 0 heterocycles. The van der Waals surface area contributed by atoms with E-state index in [9.17, 15) is 9.59 Å². The summed E-state index contributed by atoms with van der Waals surface area (Å²) in [5.74, 6) is 2.15. The van der Waals surface area contributed by atoms with Gasteiger partial charge in [0, 0.05) is 18.5 Å². The smallest absolute Gasteiger partial charge is 0.317 e. The molecular weight excluding hydrogens is 316 g/mol. The third-order valence-corrected chi connectivity index (χ3v) is 7.44. The third kappa shape index (κ3) is 3.57. The van der Waals surface area contributed by atoms with Crippen LogP contribution < -0.4 is 5.32 Å². The lowest BCUT2D eigenvalue weighted by atomic mass is 9.49. The van der Waals surface area contributed by atoms with Crippen LogP contribution in [0.5, 0.6) is 0 Å². The van der Waals surface area contributed by atoms with Crippen LogP contribution >= 0.6 is 0 Å². The second-order valence-electron chi connectivity index (χ2n) is 9.44. The molecule has 0 spiro atoms. The van der Waals surface area contributed by atoms with Crippen molar-refractivity contribution in [2.75, 3.05) is 13.1 Å². The third-order valence-electron chi connectivity index (χ3n) is 7.44. The van der Waals surface area contributed by atoms with Crippen LogP contribution in [0.25, 0.3) is 0 Å². The van der Waals surface area contributed by atoms with Gasteiger partial charge < -0.3 is 10.4 Å². The minimum atomic E-state index is -0.767. The normalized spacial score (nSPS) is 41.6. The maximum Gasteiger partial charge on any atom is 0.317 e. The molecule has 5 rings (SSSR count). The van der Waals surface area contributed by atoms with E-state index in [1.54, 1.807) is 0 Å². The average Bonchev–Trinajstić information content (AvgIpc) is 2.46. The molecule has 0 aromatic rings. The highest BCUT2D eigenvalue weighted by atomic mass is 16.4. The van der Waals surface area contributed by atoms with Crippen LogP contribution in [0, 0.1) is 23.2 Å². The van der Waals surface area contributed by atoms with E-state index in [0.717, 1.165) is 43.6 Å². The largest absolute Gasteiger partial charge is 0.480 e. The van der Waals surface area contributed by atoms with Crippen LogP contribution in [0.3, 0.4) is 0 Å². The SMILES string of the molecule is CCN(CC(=O)O)C1CC(NC(=O)CC23CC4CC(CC(C4)C2)C3)C1. The Hall–Kier alpha value is -1.10. The van der Waals surface area contributed by atoms with Crippen LogP contribution in [0.15, 0.2) is 0 Å². The number of amides is 1. The van der Waals surface area contributed by atoms with Gasteiger partial charge in [0.1, 0.15) is 0 Å².